The molecule has 0 unspecified atom stereocenters. The molecule has 9 nitrogen and oxygen atoms in total. The van der Waals surface area contributed by atoms with Crippen LogP contribution in [0.1, 0.15) is 16.1 Å². The lowest BCUT2D eigenvalue weighted by Crippen LogP contribution is -2.44. The number of hydrazine groups is 1. The number of carbonyl (C=O) groups is 2. The Bertz CT molecular complexity index is 1410. The summed E-state index contributed by atoms with van der Waals surface area (Å²) in [4.78, 5) is 36.8. The van der Waals surface area contributed by atoms with Gasteiger partial charge in [-0.2, -0.15) is 5.10 Å². The monoisotopic (exact) mass is 481 g/mol. The Kier molecular flexibility index (Phi) is 6.55. The van der Waals surface area contributed by atoms with Gasteiger partial charge in [0.25, 0.3) is 11.8 Å². The Labute approximate surface area is 197 Å². The molecule has 4 aromatic rings. The molecule has 0 aliphatic rings. The first-order valence-electron chi connectivity index (χ1n) is 10.1. The normalized spacial score (nSPS) is 10.7. The van der Waals surface area contributed by atoms with E-state index in [2.05, 4.69) is 16.0 Å². The van der Waals surface area contributed by atoms with Crippen LogP contribution < -0.4 is 20.5 Å². The summed E-state index contributed by atoms with van der Waals surface area (Å²) >= 11 is 0.994. The van der Waals surface area contributed by atoms with E-state index < -0.39 is 17.6 Å². The minimum atomic E-state index is -0.617. The maximum Gasteiger partial charge on any atom is 0.307 e. The van der Waals surface area contributed by atoms with Gasteiger partial charge in [-0.15, -0.1) is 0 Å². The maximum atomic E-state index is 13.4. The molecule has 0 saturated heterocycles. The molecule has 0 spiro atoms. The first-order valence-corrected chi connectivity index (χ1v) is 11.0. The molecule has 4 rings (SSSR count). The van der Waals surface area contributed by atoms with E-state index in [4.69, 9.17) is 4.74 Å². The van der Waals surface area contributed by atoms with Crippen molar-refractivity contribution in [3.63, 3.8) is 0 Å². The van der Waals surface area contributed by atoms with Gasteiger partial charge in [0.1, 0.15) is 23.8 Å². The number of thiazole rings is 1. The van der Waals surface area contributed by atoms with Gasteiger partial charge in [0.2, 0.25) is 0 Å². The zero-order chi connectivity index (χ0) is 24.2. The molecular weight excluding hydrogens is 461 g/mol. The average molecular weight is 482 g/mol. The van der Waals surface area contributed by atoms with Crippen molar-refractivity contribution in [2.45, 2.75) is 13.5 Å². The largest absolute Gasteiger partial charge is 0.497 e. The smallest absolute Gasteiger partial charge is 0.307 e. The summed E-state index contributed by atoms with van der Waals surface area (Å²) in [6.07, 6.45) is 1.48. The Balaban J connectivity index is 1.60. The second-order valence-electron chi connectivity index (χ2n) is 7.28. The number of amides is 2. The number of hydrogen-bond acceptors (Lipinski definition) is 6. The zero-order valence-electron chi connectivity index (χ0n) is 18.2. The highest BCUT2D eigenvalue weighted by Crippen LogP contribution is 2.27. The molecule has 0 saturated carbocycles. The van der Waals surface area contributed by atoms with Gasteiger partial charge in [0.15, 0.2) is 0 Å². The average Bonchev–Trinajstić information content (AvgIpc) is 3.42. The molecule has 0 aliphatic carbocycles. The molecule has 2 aromatic heterocycles. The van der Waals surface area contributed by atoms with Crippen molar-refractivity contribution < 1.29 is 18.7 Å². The van der Waals surface area contributed by atoms with Crippen molar-refractivity contribution in [2.24, 2.45) is 0 Å². The van der Waals surface area contributed by atoms with E-state index in [1.54, 1.807) is 36.6 Å². The third-order valence-corrected chi connectivity index (χ3v) is 5.87. The second-order valence-corrected chi connectivity index (χ2v) is 8.10. The van der Waals surface area contributed by atoms with Gasteiger partial charge >= 0.3 is 4.87 Å². The van der Waals surface area contributed by atoms with E-state index >= 15 is 0 Å². The van der Waals surface area contributed by atoms with Crippen LogP contribution in [0.5, 0.6) is 5.75 Å². The summed E-state index contributed by atoms with van der Waals surface area (Å²) in [5, 5.41) is 6.16. The van der Waals surface area contributed by atoms with Gasteiger partial charge in [0, 0.05) is 22.8 Å². The van der Waals surface area contributed by atoms with Crippen LogP contribution in [0.15, 0.2) is 64.9 Å². The number of carbonyl (C=O) groups excluding carboxylic acids is 2. The van der Waals surface area contributed by atoms with Crippen molar-refractivity contribution in [1.82, 2.24) is 25.2 Å². The number of nitrogens with one attached hydrogen (secondary N) is 2. The fourth-order valence-corrected chi connectivity index (χ4v) is 3.96. The molecule has 0 bridgehead atoms. The summed E-state index contributed by atoms with van der Waals surface area (Å²) in [7, 11) is 1.53. The standard InChI is InChI=1S/C23H20FN5O4S/c1-14-13-34-23(32)28(14)12-20(30)25-26-22(31)19-11-29(17-8-6-16(24)7-9-17)27-21(19)15-4-3-5-18(10-15)33-2/h3-11,13H,12H2,1-2H3,(H,25,30)(H,26,31). The number of hydrogen-bond donors (Lipinski definition) is 2. The highest BCUT2D eigenvalue weighted by Gasteiger charge is 2.20. The fourth-order valence-electron chi connectivity index (χ4n) is 3.22. The van der Waals surface area contributed by atoms with Crippen LogP contribution in [0.25, 0.3) is 16.9 Å². The third-order valence-electron chi connectivity index (χ3n) is 4.99. The van der Waals surface area contributed by atoms with E-state index in [0.717, 1.165) is 11.3 Å². The number of rotatable bonds is 6. The molecule has 0 radical (unpaired) electrons. The van der Waals surface area contributed by atoms with Gasteiger partial charge < -0.3 is 4.74 Å². The summed E-state index contributed by atoms with van der Waals surface area (Å²) in [6.45, 7) is 1.49. The molecule has 0 aliphatic heterocycles. The molecule has 11 heteroatoms. The summed E-state index contributed by atoms with van der Waals surface area (Å²) in [6, 6.07) is 12.6. The Hall–Kier alpha value is -4.25. The number of ether oxygens (including phenoxy) is 1. The predicted molar refractivity (Wildman–Crippen MR) is 124 cm³/mol. The topological polar surface area (TPSA) is 107 Å². The Morgan fingerprint density at radius 2 is 1.91 bits per heavy atom. The van der Waals surface area contributed by atoms with Crippen molar-refractivity contribution in [2.75, 3.05) is 7.11 Å². The molecule has 0 fully saturated rings. The van der Waals surface area contributed by atoms with Gasteiger partial charge in [-0.1, -0.05) is 23.5 Å². The first-order chi connectivity index (χ1) is 16.4. The quantitative estimate of drug-likeness (QED) is 0.412. The molecule has 2 heterocycles. The van der Waals surface area contributed by atoms with Gasteiger partial charge in [-0.05, 0) is 43.3 Å². The summed E-state index contributed by atoms with van der Waals surface area (Å²) < 4.78 is 21.4. The van der Waals surface area contributed by atoms with Crippen molar-refractivity contribution in [3.8, 4) is 22.7 Å². The molecule has 2 N–H and O–H groups in total. The van der Waals surface area contributed by atoms with Crippen LogP contribution in [0.2, 0.25) is 0 Å². The van der Waals surface area contributed by atoms with Crippen molar-refractivity contribution >= 4 is 23.2 Å². The van der Waals surface area contributed by atoms with E-state index in [0.29, 0.717) is 28.4 Å². The highest BCUT2D eigenvalue weighted by molar-refractivity contribution is 7.07. The lowest BCUT2D eigenvalue weighted by atomic mass is 10.1. The SMILES string of the molecule is COc1cccc(-c2nn(-c3ccc(F)cc3)cc2C(=O)NNC(=O)Cn2c(C)csc2=O)c1. The number of benzene rings is 2. The van der Waals surface area contributed by atoms with Gasteiger partial charge in [0.05, 0.1) is 18.4 Å². The van der Waals surface area contributed by atoms with Crippen LogP contribution in [0.3, 0.4) is 0 Å². The predicted octanol–water partition coefficient (Wildman–Crippen LogP) is 2.68. The highest BCUT2D eigenvalue weighted by atomic mass is 32.1. The molecule has 2 amide bonds. The minimum absolute atomic E-state index is 0.168. The molecule has 2 aromatic carbocycles. The Morgan fingerprint density at radius 3 is 2.59 bits per heavy atom. The summed E-state index contributed by atoms with van der Waals surface area (Å²) in [5.41, 5.74) is 7.00. The molecule has 34 heavy (non-hydrogen) atoms. The number of methoxy groups -OCH3 is 1. The number of halogens is 1. The molecule has 0 atom stereocenters. The summed E-state index contributed by atoms with van der Waals surface area (Å²) in [5.74, 6) is -1.01. The maximum absolute atomic E-state index is 13.4. The van der Waals surface area contributed by atoms with E-state index in [-0.39, 0.29) is 17.0 Å². The Morgan fingerprint density at radius 1 is 1.15 bits per heavy atom. The van der Waals surface area contributed by atoms with Crippen molar-refractivity contribution in [3.05, 3.63) is 86.8 Å². The van der Waals surface area contributed by atoms with E-state index in [1.807, 2.05) is 0 Å². The molecular formula is C23H20FN5O4S. The van der Waals surface area contributed by atoms with Gasteiger partial charge in [-0.25, -0.2) is 9.07 Å². The third kappa shape index (κ3) is 4.89. The van der Waals surface area contributed by atoms with Crippen LogP contribution >= 0.6 is 11.3 Å². The van der Waals surface area contributed by atoms with E-state index in [1.165, 1.54) is 46.8 Å². The fraction of sp³-hybridized carbons (Fsp3) is 0.130. The minimum Gasteiger partial charge on any atom is -0.497 e. The van der Waals surface area contributed by atoms with Gasteiger partial charge in [-0.3, -0.25) is 29.8 Å². The van der Waals surface area contributed by atoms with E-state index in [9.17, 15) is 18.8 Å². The lowest BCUT2D eigenvalue weighted by molar-refractivity contribution is -0.122. The lowest BCUT2D eigenvalue weighted by Gasteiger charge is -2.09. The van der Waals surface area contributed by atoms with Crippen LogP contribution in [0, 0.1) is 12.7 Å². The first kappa shape index (κ1) is 22.9. The second kappa shape index (κ2) is 9.71. The number of nitrogens with zero attached hydrogens (tertiary/aromatic N) is 3. The van der Waals surface area contributed by atoms with Crippen LogP contribution in [0.4, 0.5) is 4.39 Å². The van der Waals surface area contributed by atoms with Crippen LogP contribution in [-0.4, -0.2) is 33.3 Å². The van der Waals surface area contributed by atoms with Crippen LogP contribution in [-0.2, 0) is 11.3 Å². The molecule has 174 valence electrons. The number of aromatic nitrogens is 3. The number of aryl methyl sites for hydroxylation is 1. The van der Waals surface area contributed by atoms with Crippen molar-refractivity contribution in [1.29, 1.82) is 0 Å². The zero-order valence-corrected chi connectivity index (χ0v) is 19.1.